The summed E-state index contributed by atoms with van der Waals surface area (Å²) in [5.74, 6) is 0. The fraction of sp³-hybridized carbons (Fsp3) is 0.471. The minimum atomic E-state index is 0.122. The second kappa shape index (κ2) is 6.71. The van der Waals surface area contributed by atoms with Gasteiger partial charge in [0.1, 0.15) is 0 Å². The van der Waals surface area contributed by atoms with Crippen LogP contribution in [0.3, 0.4) is 0 Å². The quantitative estimate of drug-likeness (QED) is 0.876. The van der Waals surface area contributed by atoms with Gasteiger partial charge in [-0.2, -0.15) is 5.10 Å². The highest BCUT2D eigenvalue weighted by atomic mass is 15.3. The van der Waals surface area contributed by atoms with Crippen LogP contribution in [0, 0.1) is 6.92 Å². The smallest absolute Gasteiger partial charge is 0.0640 e. The van der Waals surface area contributed by atoms with Gasteiger partial charge in [-0.1, -0.05) is 36.8 Å². The van der Waals surface area contributed by atoms with E-state index in [0.717, 1.165) is 25.0 Å². The van der Waals surface area contributed by atoms with Crippen LogP contribution >= 0.6 is 0 Å². The van der Waals surface area contributed by atoms with Crippen molar-refractivity contribution in [3.05, 3.63) is 53.3 Å². The van der Waals surface area contributed by atoms with Crippen molar-refractivity contribution in [2.75, 3.05) is 0 Å². The Kier molecular flexibility index (Phi) is 4.96. The first-order chi connectivity index (χ1) is 9.58. The summed E-state index contributed by atoms with van der Waals surface area (Å²) in [7, 11) is 0. The summed E-state index contributed by atoms with van der Waals surface area (Å²) in [6, 6.07) is 11.2. The topological polar surface area (TPSA) is 43.8 Å². The maximum absolute atomic E-state index is 6.26. The largest absolute Gasteiger partial charge is 0.327 e. The van der Waals surface area contributed by atoms with E-state index in [1.54, 1.807) is 0 Å². The Hall–Kier alpha value is -1.61. The molecule has 0 saturated carbocycles. The molecule has 1 heterocycles. The second-order valence-electron chi connectivity index (χ2n) is 5.70. The van der Waals surface area contributed by atoms with Gasteiger partial charge in [-0.15, -0.1) is 0 Å². The van der Waals surface area contributed by atoms with E-state index in [2.05, 4.69) is 62.4 Å². The van der Waals surface area contributed by atoms with Crippen molar-refractivity contribution in [1.29, 1.82) is 0 Å². The molecule has 0 bridgehead atoms. The summed E-state index contributed by atoms with van der Waals surface area (Å²) >= 11 is 0. The van der Waals surface area contributed by atoms with Crippen LogP contribution in [-0.4, -0.2) is 15.8 Å². The zero-order valence-corrected chi connectivity index (χ0v) is 12.7. The standard InChI is InChI=1S/C17H25N3/c1-4-14(3)20-9-8-17(19-20)12-16(18)11-15-7-5-6-13(2)10-15/h5-10,14,16H,4,11-12,18H2,1-3H3. The molecule has 0 amide bonds. The van der Waals surface area contributed by atoms with Gasteiger partial charge in [0.25, 0.3) is 0 Å². The lowest BCUT2D eigenvalue weighted by Gasteiger charge is -2.11. The molecule has 2 unspecified atom stereocenters. The lowest BCUT2D eigenvalue weighted by atomic mass is 10.0. The number of aromatic nitrogens is 2. The predicted molar refractivity (Wildman–Crippen MR) is 83.8 cm³/mol. The maximum atomic E-state index is 6.26. The Morgan fingerprint density at radius 1 is 1.25 bits per heavy atom. The summed E-state index contributed by atoms with van der Waals surface area (Å²) in [4.78, 5) is 0. The fourth-order valence-electron chi connectivity index (χ4n) is 2.40. The van der Waals surface area contributed by atoms with Gasteiger partial charge in [0.05, 0.1) is 5.69 Å². The minimum Gasteiger partial charge on any atom is -0.327 e. The van der Waals surface area contributed by atoms with Crippen LogP contribution in [0.4, 0.5) is 0 Å². The average molecular weight is 271 g/mol. The summed E-state index contributed by atoms with van der Waals surface area (Å²) in [6.45, 7) is 6.47. The molecule has 2 rings (SSSR count). The van der Waals surface area contributed by atoms with Crippen LogP contribution in [0.25, 0.3) is 0 Å². The predicted octanol–water partition coefficient (Wildman–Crippen LogP) is 3.28. The van der Waals surface area contributed by atoms with Gasteiger partial charge in [0.2, 0.25) is 0 Å². The van der Waals surface area contributed by atoms with E-state index < -0.39 is 0 Å². The molecule has 2 N–H and O–H groups in total. The van der Waals surface area contributed by atoms with Crippen molar-refractivity contribution >= 4 is 0 Å². The molecule has 1 aromatic heterocycles. The third-order valence-corrected chi connectivity index (χ3v) is 3.76. The lowest BCUT2D eigenvalue weighted by molar-refractivity contribution is 0.471. The molecule has 3 nitrogen and oxygen atoms in total. The Morgan fingerprint density at radius 3 is 2.75 bits per heavy atom. The molecule has 0 radical (unpaired) electrons. The van der Waals surface area contributed by atoms with Crippen LogP contribution < -0.4 is 5.73 Å². The van der Waals surface area contributed by atoms with E-state index in [9.17, 15) is 0 Å². The summed E-state index contributed by atoms with van der Waals surface area (Å²) < 4.78 is 2.04. The number of hydrogen-bond acceptors (Lipinski definition) is 2. The monoisotopic (exact) mass is 271 g/mol. The number of benzene rings is 1. The van der Waals surface area contributed by atoms with E-state index in [0.29, 0.717) is 6.04 Å². The van der Waals surface area contributed by atoms with Gasteiger partial charge in [-0.05, 0) is 38.3 Å². The van der Waals surface area contributed by atoms with E-state index >= 15 is 0 Å². The van der Waals surface area contributed by atoms with Gasteiger partial charge in [0.15, 0.2) is 0 Å². The van der Waals surface area contributed by atoms with Crippen molar-refractivity contribution in [3.8, 4) is 0 Å². The molecule has 0 aliphatic heterocycles. The first kappa shape index (κ1) is 14.8. The third kappa shape index (κ3) is 3.94. The van der Waals surface area contributed by atoms with E-state index in [1.807, 2.05) is 4.68 Å². The lowest BCUT2D eigenvalue weighted by Crippen LogP contribution is -2.25. The van der Waals surface area contributed by atoms with Gasteiger partial charge in [0, 0.05) is 24.7 Å². The number of nitrogens with zero attached hydrogens (tertiary/aromatic N) is 2. The van der Waals surface area contributed by atoms with Gasteiger partial charge < -0.3 is 5.73 Å². The Balaban J connectivity index is 1.94. The van der Waals surface area contributed by atoms with Crippen molar-refractivity contribution in [2.45, 2.75) is 52.1 Å². The summed E-state index contributed by atoms with van der Waals surface area (Å²) in [5.41, 5.74) is 9.94. The normalized spacial score (nSPS) is 14.2. The van der Waals surface area contributed by atoms with Gasteiger partial charge >= 0.3 is 0 Å². The van der Waals surface area contributed by atoms with Crippen molar-refractivity contribution in [1.82, 2.24) is 9.78 Å². The zero-order chi connectivity index (χ0) is 14.5. The van der Waals surface area contributed by atoms with Crippen LogP contribution in [0.5, 0.6) is 0 Å². The zero-order valence-electron chi connectivity index (χ0n) is 12.7. The van der Waals surface area contributed by atoms with Crippen LogP contribution in [0.15, 0.2) is 36.5 Å². The van der Waals surface area contributed by atoms with Crippen molar-refractivity contribution in [2.24, 2.45) is 5.73 Å². The molecule has 0 aliphatic rings. The molecule has 2 aromatic rings. The molecular formula is C17H25N3. The molecule has 3 heteroatoms. The molecular weight excluding hydrogens is 246 g/mol. The fourth-order valence-corrected chi connectivity index (χ4v) is 2.40. The molecule has 0 saturated heterocycles. The molecule has 2 atom stereocenters. The van der Waals surface area contributed by atoms with Crippen LogP contribution in [0.1, 0.15) is 43.1 Å². The van der Waals surface area contributed by atoms with Crippen molar-refractivity contribution < 1.29 is 0 Å². The molecule has 0 aliphatic carbocycles. The average Bonchev–Trinajstić information content (AvgIpc) is 2.86. The molecule has 108 valence electrons. The van der Waals surface area contributed by atoms with Gasteiger partial charge in [-0.3, -0.25) is 4.68 Å². The van der Waals surface area contributed by atoms with Crippen LogP contribution in [0.2, 0.25) is 0 Å². The first-order valence-corrected chi connectivity index (χ1v) is 7.43. The maximum Gasteiger partial charge on any atom is 0.0640 e. The first-order valence-electron chi connectivity index (χ1n) is 7.43. The highest BCUT2D eigenvalue weighted by Gasteiger charge is 2.10. The van der Waals surface area contributed by atoms with E-state index in [1.165, 1.54) is 11.1 Å². The SMILES string of the molecule is CCC(C)n1ccc(CC(N)Cc2cccc(C)c2)n1. The van der Waals surface area contributed by atoms with E-state index in [-0.39, 0.29) is 6.04 Å². The Labute approximate surface area is 121 Å². The molecule has 20 heavy (non-hydrogen) atoms. The molecule has 0 fully saturated rings. The van der Waals surface area contributed by atoms with Gasteiger partial charge in [-0.25, -0.2) is 0 Å². The molecule has 1 aromatic carbocycles. The second-order valence-corrected chi connectivity index (χ2v) is 5.70. The summed E-state index contributed by atoms with van der Waals surface area (Å²) in [6.07, 6.45) is 4.88. The number of hydrogen-bond donors (Lipinski definition) is 1. The molecule has 0 spiro atoms. The third-order valence-electron chi connectivity index (χ3n) is 3.76. The Morgan fingerprint density at radius 2 is 2.05 bits per heavy atom. The minimum absolute atomic E-state index is 0.122. The van der Waals surface area contributed by atoms with E-state index in [4.69, 9.17) is 5.73 Å². The number of rotatable bonds is 6. The number of aryl methyl sites for hydroxylation is 1. The van der Waals surface area contributed by atoms with Crippen LogP contribution in [-0.2, 0) is 12.8 Å². The number of nitrogens with two attached hydrogens (primary N) is 1. The highest BCUT2D eigenvalue weighted by molar-refractivity contribution is 5.23. The van der Waals surface area contributed by atoms with Crippen molar-refractivity contribution in [3.63, 3.8) is 0 Å². The summed E-state index contributed by atoms with van der Waals surface area (Å²) in [5, 5.41) is 4.62. The highest BCUT2D eigenvalue weighted by Crippen LogP contribution is 2.12. The Bertz CT molecular complexity index is 545.